The summed E-state index contributed by atoms with van der Waals surface area (Å²) in [5.74, 6) is -0.0895. The van der Waals surface area contributed by atoms with Gasteiger partial charge in [0.2, 0.25) is 10.0 Å². The quantitative estimate of drug-likeness (QED) is 0.782. The highest BCUT2D eigenvalue weighted by Gasteiger charge is 2.15. The monoisotopic (exact) mass is 343 g/mol. The van der Waals surface area contributed by atoms with Gasteiger partial charge in [-0.3, -0.25) is 4.79 Å². The van der Waals surface area contributed by atoms with E-state index in [4.69, 9.17) is 0 Å². The van der Waals surface area contributed by atoms with Crippen molar-refractivity contribution in [3.8, 4) is 0 Å². The average Bonchev–Trinajstić information content (AvgIpc) is 2.54. The molecule has 0 saturated carbocycles. The Balaban J connectivity index is 1.95. The number of carbonyl (C=O) groups is 1. The molecule has 0 bridgehead atoms. The zero-order valence-electron chi connectivity index (χ0n) is 13.8. The van der Waals surface area contributed by atoms with E-state index in [0.29, 0.717) is 5.56 Å². The fourth-order valence-electron chi connectivity index (χ4n) is 2.23. The summed E-state index contributed by atoms with van der Waals surface area (Å²) in [5, 5.41) is 1.13. The first-order chi connectivity index (χ1) is 11.4. The van der Waals surface area contributed by atoms with Crippen molar-refractivity contribution in [2.45, 2.75) is 26.3 Å². The van der Waals surface area contributed by atoms with Crippen molar-refractivity contribution in [3.63, 3.8) is 0 Å². The van der Waals surface area contributed by atoms with Crippen LogP contribution in [0.15, 0.2) is 60.0 Å². The molecule has 0 saturated heterocycles. The molecule has 2 aromatic carbocycles. The molecule has 1 N–H and O–H groups in total. The summed E-state index contributed by atoms with van der Waals surface area (Å²) in [4.78, 5) is 12.1. The molecule has 0 spiro atoms. The van der Waals surface area contributed by atoms with Crippen LogP contribution in [-0.2, 0) is 10.0 Å². The van der Waals surface area contributed by atoms with Gasteiger partial charge < -0.3 is 0 Å². The number of hydrogen-bond donors (Lipinski definition) is 1. The van der Waals surface area contributed by atoms with E-state index in [0.717, 1.165) is 16.5 Å². The van der Waals surface area contributed by atoms with Gasteiger partial charge in [-0.25, -0.2) is 13.1 Å². The summed E-state index contributed by atoms with van der Waals surface area (Å²) < 4.78 is 26.7. The zero-order chi connectivity index (χ0) is 17.6. The van der Waals surface area contributed by atoms with Gasteiger partial charge in [0, 0.05) is 23.4 Å². The molecule has 0 radical (unpaired) electrons. The molecule has 0 aliphatic carbocycles. The minimum Gasteiger partial charge on any atom is -0.294 e. The topological polar surface area (TPSA) is 63.2 Å². The number of Topliss-reactive ketones (excluding diaryl/α,β-unsaturated/α-hetero) is 1. The van der Waals surface area contributed by atoms with Crippen LogP contribution in [0, 0.1) is 6.92 Å². The standard InChI is InChI=1S/C19H21NO3S/c1-15-8-10-17(11-9-15)12-13-24(22,23)20-16(2)14-19(21)18-6-4-3-5-7-18/h3-13,16,20H,14H2,1-2H3/b13-12+. The van der Waals surface area contributed by atoms with E-state index in [-0.39, 0.29) is 12.2 Å². The van der Waals surface area contributed by atoms with Gasteiger partial charge in [0.1, 0.15) is 0 Å². The Morgan fingerprint density at radius 2 is 1.71 bits per heavy atom. The second-order valence-corrected chi connectivity index (χ2v) is 7.37. The lowest BCUT2D eigenvalue weighted by Crippen LogP contribution is -2.32. The van der Waals surface area contributed by atoms with E-state index in [9.17, 15) is 13.2 Å². The minimum atomic E-state index is -3.60. The van der Waals surface area contributed by atoms with Gasteiger partial charge >= 0.3 is 0 Å². The molecule has 2 rings (SSSR count). The van der Waals surface area contributed by atoms with Gasteiger partial charge in [-0.2, -0.15) is 0 Å². The molecule has 0 aromatic heterocycles. The van der Waals surface area contributed by atoms with Crippen molar-refractivity contribution in [1.82, 2.24) is 4.72 Å². The van der Waals surface area contributed by atoms with Crippen molar-refractivity contribution in [1.29, 1.82) is 0 Å². The molecule has 1 atom stereocenters. The predicted octanol–water partition coefficient (Wildman–Crippen LogP) is 3.55. The molecular formula is C19H21NO3S. The Hall–Kier alpha value is -2.24. The second kappa shape index (κ2) is 8.04. The lowest BCUT2D eigenvalue weighted by molar-refractivity contribution is 0.0975. The van der Waals surface area contributed by atoms with Crippen LogP contribution in [0.4, 0.5) is 0 Å². The fourth-order valence-corrected chi connectivity index (χ4v) is 3.29. The Morgan fingerprint density at radius 1 is 1.08 bits per heavy atom. The highest BCUT2D eigenvalue weighted by Crippen LogP contribution is 2.08. The molecule has 24 heavy (non-hydrogen) atoms. The van der Waals surface area contributed by atoms with E-state index in [2.05, 4.69) is 4.72 Å². The summed E-state index contributed by atoms with van der Waals surface area (Å²) in [6.45, 7) is 3.65. The van der Waals surface area contributed by atoms with Crippen LogP contribution in [-0.4, -0.2) is 20.2 Å². The van der Waals surface area contributed by atoms with Gasteiger partial charge in [0.25, 0.3) is 0 Å². The molecule has 0 aliphatic rings. The number of carbonyl (C=O) groups excluding carboxylic acids is 1. The van der Waals surface area contributed by atoms with E-state index in [1.54, 1.807) is 31.2 Å². The molecule has 5 heteroatoms. The van der Waals surface area contributed by atoms with Crippen LogP contribution in [0.3, 0.4) is 0 Å². The fraction of sp³-hybridized carbons (Fsp3) is 0.211. The predicted molar refractivity (Wildman–Crippen MR) is 97.1 cm³/mol. The maximum atomic E-state index is 12.1. The molecule has 0 amide bonds. The number of sulfonamides is 1. The molecule has 126 valence electrons. The Bertz CT molecular complexity index is 809. The first-order valence-electron chi connectivity index (χ1n) is 7.71. The van der Waals surface area contributed by atoms with Crippen molar-refractivity contribution >= 4 is 21.9 Å². The maximum absolute atomic E-state index is 12.1. The van der Waals surface area contributed by atoms with Gasteiger partial charge in [0.05, 0.1) is 0 Å². The van der Waals surface area contributed by atoms with Crippen LogP contribution >= 0.6 is 0 Å². The van der Waals surface area contributed by atoms with Gasteiger partial charge in [-0.05, 0) is 25.5 Å². The van der Waals surface area contributed by atoms with E-state index in [1.807, 2.05) is 37.3 Å². The maximum Gasteiger partial charge on any atom is 0.233 e. The Kier molecular flexibility index (Phi) is 6.06. The van der Waals surface area contributed by atoms with Crippen molar-refractivity contribution in [2.75, 3.05) is 0 Å². The number of hydrogen-bond acceptors (Lipinski definition) is 3. The lowest BCUT2D eigenvalue weighted by Gasteiger charge is -2.11. The molecular weight excluding hydrogens is 322 g/mol. The molecule has 2 aromatic rings. The second-order valence-electron chi connectivity index (χ2n) is 5.77. The highest BCUT2D eigenvalue weighted by molar-refractivity contribution is 7.92. The SMILES string of the molecule is Cc1ccc(/C=C/S(=O)(=O)NC(C)CC(=O)c2ccccc2)cc1. The summed E-state index contributed by atoms with van der Waals surface area (Å²) in [5.41, 5.74) is 2.50. The highest BCUT2D eigenvalue weighted by atomic mass is 32.2. The van der Waals surface area contributed by atoms with E-state index in [1.165, 1.54) is 6.08 Å². The molecule has 0 aliphatic heterocycles. The smallest absolute Gasteiger partial charge is 0.233 e. The van der Waals surface area contributed by atoms with Crippen LogP contribution in [0.2, 0.25) is 0 Å². The van der Waals surface area contributed by atoms with Crippen LogP contribution in [0.25, 0.3) is 6.08 Å². The molecule has 0 fully saturated rings. The van der Waals surface area contributed by atoms with E-state index >= 15 is 0 Å². The number of benzene rings is 2. The third-order valence-corrected chi connectivity index (χ3v) is 4.70. The molecule has 4 nitrogen and oxygen atoms in total. The number of aryl methyl sites for hydroxylation is 1. The minimum absolute atomic E-state index is 0.0895. The summed E-state index contributed by atoms with van der Waals surface area (Å²) in [7, 11) is -3.60. The average molecular weight is 343 g/mol. The summed E-state index contributed by atoms with van der Waals surface area (Å²) in [6.07, 6.45) is 1.65. The van der Waals surface area contributed by atoms with Gasteiger partial charge in [0.15, 0.2) is 5.78 Å². The number of nitrogens with one attached hydrogen (secondary N) is 1. The normalized spacial score (nSPS) is 13.1. The zero-order valence-corrected chi connectivity index (χ0v) is 14.6. The Labute approximate surface area is 143 Å². The molecule has 1 unspecified atom stereocenters. The summed E-state index contributed by atoms with van der Waals surface area (Å²) >= 11 is 0. The summed E-state index contributed by atoms with van der Waals surface area (Å²) in [6, 6.07) is 15.9. The van der Waals surface area contributed by atoms with E-state index < -0.39 is 16.1 Å². The largest absolute Gasteiger partial charge is 0.294 e. The van der Waals surface area contributed by atoms with Crippen LogP contribution in [0.1, 0.15) is 34.8 Å². The first kappa shape index (κ1) is 18.1. The number of rotatable bonds is 7. The third-order valence-electron chi connectivity index (χ3n) is 3.47. The van der Waals surface area contributed by atoms with Gasteiger partial charge in [-0.1, -0.05) is 60.2 Å². The van der Waals surface area contributed by atoms with Crippen LogP contribution < -0.4 is 4.72 Å². The van der Waals surface area contributed by atoms with Crippen molar-refractivity contribution in [3.05, 3.63) is 76.7 Å². The van der Waals surface area contributed by atoms with Crippen LogP contribution in [0.5, 0.6) is 0 Å². The van der Waals surface area contributed by atoms with Crippen molar-refractivity contribution < 1.29 is 13.2 Å². The van der Waals surface area contributed by atoms with Crippen molar-refractivity contribution in [2.24, 2.45) is 0 Å². The first-order valence-corrected chi connectivity index (χ1v) is 9.26. The van der Waals surface area contributed by atoms with Gasteiger partial charge in [-0.15, -0.1) is 0 Å². The number of ketones is 1. The lowest BCUT2D eigenvalue weighted by atomic mass is 10.1. The molecule has 0 heterocycles. The third kappa shape index (κ3) is 5.76. The Morgan fingerprint density at radius 3 is 2.33 bits per heavy atom.